The van der Waals surface area contributed by atoms with Crippen LogP contribution in [-0.2, 0) is 0 Å². The van der Waals surface area contributed by atoms with Crippen molar-refractivity contribution < 1.29 is 16.9 Å². The molecule has 0 aliphatic carbocycles. The molecule has 2 nitrogen and oxygen atoms in total. The highest BCUT2D eigenvalue weighted by atomic mass is 35.5. The van der Waals surface area contributed by atoms with Crippen LogP contribution in [0, 0.1) is 11.3 Å². The topological polar surface area (TPSA) is 23.8 Å². The molecular formula is C15H31ClN2. The van der Waals surface area contributed by atoms with Crippen LogP contribution < -0.4 is 12.4 Å². The molecule has 0 heterocycles. The van der Waals surface area contributed by atoms with Crippen LogP contribution in [0.2, 0.25) is 0 Å². The van der Waals surface area contributed by atoms with Crippen LogP contribution in [0.1, 0.15) is 64.7 Å². The van der Waals surface area contributed by atoms with Gasteiger partial charge in [-0.3, -0.25) is 0 Å². The number of quaternary nitrogens is 1. The van der Waals surface area contributed by atoms with Crippen molar-refractivity contribution in [2.45, 2.75) is 64.7 Å². The number of hydrogen-bond donors (Lipinski definition) is 0. The van der Waals surface area contributed by atoms with Gasteiger partial charge in [0.15, 0.2) is 0 Å². The van der Waals surface area contributed by atoms with Crippen molar-refractivity contribution in [3.05, 3.63) is 0 Å². The second-order valence-electron chi connectivity index (χ2n) is 5.77. The van der Waals surface area contributed by atoms with Crippen LogP contribution in [0.15, 0.2) is 0 Å². The fourth-order valence-corrected chi connectivity index (χ4v) is 2.14. The molecule has 0 N–H and O–H groups in total. The second-order valence-corrected chi connectivity index (χ2v) is 5.77. The van der Waals surface area contributed by atoms with Gasteiger partial charge in [0.2, 0.25) is 0 Å². The van der Waals surface area contributed by atoms with Gasteiger partial charge in [-0.1, -0.05) is 45.4 Å². The van der Waals surface area contributed by atoms with Gasteiger partial charge >= 0.3 is 0 Å². The lowest BCUT2D eigenvalue weighted by atomic mass is 10.1. The first-order valence-electron chi connectivity index (χ1n) is 7.31. The van der Waals surface area contributed by atoms with Gasteiger partial charge < -0.3 is 16.9 Å². The zero-order chi connectivity index (χ0) is 13.0. The van der Waals surface area contributed by atoms with E-state index in [1.54, 1.807) is 0 Å². The molecule has 18 heavy (non-hydrogen) atoms. The van der Waals surface area contributed by atoms with Crippen LogP contribution in [0.25, 0.3) is 0 Å². The first-order valence-corrected chi connectivity index (χ1v) is 7.31. The maximum Gasteiger partial charge on any atom is 0.0914 e. The van der Waals surface area contributed by atoms with Crippen LogP contribution in [0.4, 0.5) is 0 Å². The van der Waals surface area contributed by atoms with Crippen molar-refractivity contribution in [1.29, 1.82) is 5.26 Å². The summed E-state index contributed by atoms with van der Waals surface area (Å²) in [5.41, 5.74) is 0. The minimum atomic E-state index is 0. The summed E-state index contributed by atoms with van der Waals surface area (Å²) in [6, 6.07) is 2.24. The predicted molar refractivity (Wildman–Crippen MR) is 74.7 cm³/mol. The Morgan fingerprint density at radius 3 is 1.83 bits per heavy atom. The number of halogens is 1. The summed E-state index contributed by atoms with van der Waals surface area (Å²) in [5, 5.41) is 8.58. The van der Waals surface area contributed by atoms with Gasteiger partial charge in [-0.15, -0.1) is 0 Å². The van der Waals surface area contributed by atoms with E-state index in [2.05, 4.69) is 27.1 Å². The van der Waals surface area contributed by atoms with E-state index in [9.17, 15) is 0 Å². The zero-order valence-corrected chi connectivity index (χ0v) is 13.3. The maximum absolute atomic E-state index is 8.58. The molecule has 108 valence electrons. The van der Waals surface area contributed by atoms with Crippen LogP contribution >= 0.6 is 0 Å². The minimum Gasteiger partial charge on any atom is -1.00 e. The molecule has 0 spiro atoms. The van der Waals surface area contributed by atoms with Crippen molar-refractivity contribution in [2.75, 3.05) is 27.2 Å². The summed E-state index contributed by atoms with van der Waals surface area (Å²) >= 11 is 0. The standard InChI is InChI=1S/C15H31N2.ClH/c1-4-5-6-7-8-9-10-11-14-17(2,3)15-12-13-16;/h4-12,14-15H2,1-3H3;1H/q+1;/p-1. The number of nitriles is 1. The lowest BCUT2D eigenvalue weighted by molar-refractivity contribution is -0.890. The third-order valence-corrected chi connectivity index (χ3v) is 3.45. The summed E-state index contributed by atoms with van der Waals surface area (Å²) in [5.74, 6) is 0. The Hall–Kier alpha value is -0.260. The largest absolute Gasteiger partial charge is 1.00 e. The van der Waals surface area contributed by atoms with Crippen LogP contribution in [-0.4, -0.2) is 31.7 Å². The summed E-state index contributed by atoms with van der Waals surface area (Å²) in [6.45, 7) is 4.48. The normalized spacial score (nSPS) is 10.8. The monoisotopic (exact) mass is 274 g/mol. The van der Waals surface area contributed by atoms with Gasteiger partial charge in [0, 0.05) is 0 Å². The smallest absolute Gasteiger partial charge is 0.0914 e. The van der Waals surface area contributed by atoms with Crippen LogP contribution in [0.3, 0.4) is 0 Å². The molecule has 0 saturated heterocycles. The third-order valence-electron chi connectivity index (χ3n) is 3.45. The van der Waals surface area contributed by atoms with Gasteiger partial charge in [0.1, 0.15) is 0 Å². The van der Waals surface area contributed by atoms with Gasteiger partial charge in [-0.25, -0.2) is 0 Å². The van der Waals surface area contributed by atoms with Gasteiger partial charge in [0.25, 0.3) is 0 Å². The Kier molecular flexibility index (Phi) is 14.7. The molecule has 0 aromatic carbocycles. The first kappa shape index (κ1) is 20.1. The summed E-state index contributed by atoms with van der Waals surface area (Å²) < 4.78 is 1.00. The molecule has 0 amide bonds. The van der Waals surface area contributed by atoms with E-state index in [1.807, 2.05) is 0 Å². The molecular weight excluding hydrogens is 244 g/mol. The highest BCUT2D eigenvalue weighted by molar-refractivity contribution is 4.67. The van der Waals surface area contributed by atoms with E-state index in [0.29, 0.717) is 6.42 Å². The first-order chi connectivity index (χ1) is 8.12. The average Bonchev–Trinajstić information content (AvgIpc) is 2.30. The van der Waals surface area contributed by atoms with Gasteiger partial charge in [0.05, 0.1) is 39.7 Å². The van der Waals surface area contributed by atoms with E-state index in [-0.39, 0.29) is 12.4 Å². The Bertz CT molecular complexity index is 209. The Morgan fingerprint density at radius 2 is 1.33 bits per heavy atom. The fraction of sp³-hybridized carbons (Fsp3) is 0.933. The van der Waals surface area contributed by atoms with E-state index < -0.39 is 0 Å². The van der Waals surface area contributed by atoms with E-state index in [0.717, 1.165) is 11.0 Å². The molecule has 0 aromatic heterocycles. The number of hydrogen-bond acceptors (Lipinski definition) is 1. The molecule has 0 unspecified atom stereocenters. The van der Waals surface area contributed by atoms with Crippen molar-refractivity contribution in [3.63, 3.8) is 0 Å². The average molecular weight is 275 g/mol. The molecule has 3 heteroatoms. The maximum atomic E-state index is 8.58. The minimum absolute atomic E-state index is 0. The van der Waals surface area contributed by atoms with Crippen LogP contribution in [0.5, 0.6) is 0 Å². The molecule has 0 aliphatic rings. The highest BCUT2D eigenvalue weighted by Gasteiger charge is 2.13. The third kappa shape index (κ3) is 13.8. The van der Waals surface area contributed by atoms with Crippen molar-refractivity contribution in [1.82, 2.24) is 0 Å². The predicted octanol–water partition coefficient (Wildman–Crippen LogP) is 1.12. The molecule has 0 radical (unpaired) electrons. The summed E-state index contributed by atoms with van der Waals surface area (Å²) in [4.78, 5) is 0. The Morgan fingerprint density at radius 1 is 0.833 bits per heavy atom. The fourth-order valence-electron chi connectivity index (χ4n) is 2.14. The number of nitrogens with zero attached hydrogens (tertiary/aromatic N) is 2. The van der Waals surface area contributed by atoms with Gasteiger partial charge in [-0.05, 0) is 12.8 Å². The Labute approximate surface area is 120 Å². The van der Waals surface area contributed by atoms with Crippen molar-refractivity contribution >= 4 is 0 Å². The lowest BCUT2D eigenvalue weighted by Crippen LogP contribution is -3.00. The van der Waals surface area contributed by atoms with E-state index in [1.165, 1.54) is 57.9 Å². The Balaban J connectivity index is 0. The highest BCUT2D eigenvalue weighted by Crippen LogP contribution is 2.10. The molecule has 0 saturated carbocycles. The number of unbranched alkanes of at least 4 members (excludes halogenated alkanes) is 7. The molecule has 0 fully saturated rings. The van der Waals surface area contributed by atoms with Crippen molar-refractivity contribution in [2.24, 2.45) is 0 Å². The van der Waals surface area contributed by atoms with E-state index >= 15 is 0 Å². The SMILES string of the molecule is CCCCCCCCCC[N+](C)(C)CCC#N.[Cl-]. The second kappa shape index (κ2) is 13.2. The molecule has 0 atom stereocenters. The summed E-state index contributed by atoms with van der Waals surface area (Å²) in [6.07, 6.45) is 11.7. The number of rotatable bonds is 11. The lowest BCUT2D eigenvalue weighted by Gasteiger charge is -2.28. The van der Waals surface area contributed by atoms with E-state index in [4.69, 9.17) is 5.26 Å². The molecule has 0 rings (SSSR count). The molecule has 0 aromatic rings. The zero-order valence-electron chi connectivity index (χ0n) is 12.6. The molecule has 0 aliphatic heterocycles. The van der Waals surface area contributed by atoms with Crippen molar-refractivity contribution in [3.8, 4) is 6.07 Å². The summed E-state index contributed by atoms with van der Waals surface area (Å²) in [7, 11) is 4.47. The molecule has 0 bridgehead atoms. The van der Waals surface area contributed by atoms with Gasteiger partial charge in [-0.2, -0.15) is 5.26 Å². The quantitative estimate of drug-likeness (QED) is 0.409.